The lowest BCUT2D eigenvalue weighted by Gasteiger charge is -2.17. The van der Waals surface area contributed by atoms with Crippen LogP contribution in [0.15, 0.2) is 70.9 Å². The van der Waals surface area contributed by atoms with Gasteiger partial charge in [-0.2, -0.15) is 4.31 Å². The van der Waals surface area contributed by atoms with Gasteiger partial charge < -0.3 is 10.4 Å². The number of nitrogens with zero attached hydrogens (tertiary/aromatic N) is 1. The average molecular weight is 543 g/mol. The summed E-state index contributed by atoms with van der Waals surface area (Å²) in [6.07, 6.45) is 0. The van der Waals surface area contributed by atoms with Gasteiger partial charge in [-0.3, -0.25) is 4.79 Å². The standard InChI is InChI=1S/C26H23ClN2O5S2/c1-16-22-13-21(27)10-11-23(22)35-26(16)36(33,34)29(2)15-18-4-3-5-20(12-18)24(30)28-14-17-6-8-19(9-7-17)25(31)32/h3-13H,14-15H2,1-2H3,(H,28,30)(H,31,32). The maximum Gasteiger partial charge on any atom is 0.335 e. The van der Waals surface area contributed by atoms with Crippen LogP contribution >= 0.6 is 22.9 Å². The number of benzene rings is 3. The summed E-state index contributed by atoms with van der Waals surface area (Å²) in [5, 5.41) is 13.2. The van der Waals surface area contributed by atoms with E-state index in [-0.39, 0.29) is 28.8 Å². The van der Waals surface area contributed by atoms with Crippen LogP contribution in [-0.2, 0) is 23.1 Å². The fraction of sp³-hybridized carbons (Fsp3) is 0.154. The van der Waals surface area contributed by atoms with E-state index in [4.69, 9.17) is 16.7 Å². The molecule has 0 bridgehead atoms. The minimum Gasteiger partial charge on any atom is -0.478 e. The third-order valence-corrected chi connectivity index (χ3v) is 9.66. The number of sulfonamides is 1. The number of carbonyl (C=O) groups excluding carboxylic acids is 1. The summed E-state index contributed by atoms with van der Waals surface area (Å²) in [7, 11) is -2.25. The molecule has 0 aliphatic carbocycles. The average Bonchev–Trinajstić information content (AvgIpc) is 3.19. The number of thiophene rings is 1. The molecule has 7 nitrogen and oxygen atoms in total. The van der Waals surface area contributed by atoms with E-state index in [1.165, 1.54) is 34.8 Å². The quantitative estimate of drug-likeness (QED) is 0.314. The van der Waals surface area contributed by atoms with Crippen molar-refractivity contribution in [3.05, 3.63) is 99.6 Å². The lowest BCUT2D eigenvalue weighted by Crippen LogP contribution is -2.27. The maximum atomic E-state index is 13.3. The molecule has 0 fully saturated rings. The zero-order valence-corrected chi connectivity index (χ0v) is 21.9. The molecule has 0 spiro atoms. The van der Waals surface area contributed by atoms with E-state index < -0.39 is 16.0 Å². The van der Waals surface area contributed by atoms with Gasteiger partial charge in [-0.15, -0.1) is 11.3 Å². The summed E-state index contributed by atoms with van der Waals surface area (Å²) in [4.78, 5) is 23.6. The predicted molar refractivity (Wildman–Crippen MR) is 141 cm³/mol. The SMILES string of the molecule is Cc1c(S(=O)(=O)N(C)Cc2cccc(C(=O)NCc3ccc(C(=O)O)cc3)c2)sc2ccc(Cl)cc12. The van der Waals surface area contributed by atoms with Crippen LogP contribution in [0.2, 0.25) is 5.02 Å². The molecular formula is C26H23ClN2O5S2. The third kappa shape index (κ3) is 5.44. The Kier molecular flexibility index (Phi) is 7.46. The minimum atomic E-state index is -3.77. The first kappa shape index (κ1) is 25.8. The lowest BCUT2D eigenvalue weighted by molar-refractivity contribution is 0.0696. The second kappa shape index (κ2) is 10.4. The van der Waals surface area contributed by atoms with Gasteiger partial charge in [0.1, 0.15) is 4.21 Å². The van der Waals surface area contributed by atoms with Crippen LogP contribution in [0.4, 0.5) is 0 Å². The van der Waals surface area contributed by atoms with Crippen LogP contribution in [0.1, 0.15) is 37.4 Å². The zero-order chi connectivity index (χ0) is 26.0. The van der Waals surface area contributed by atoms with Crippen LogP contribution in [0.25, 0.3) is 10.1 Å². The van der Waals surface area contributed by atoms with E-state index in [0.29, 0.717) is 21.7 Å². The minimum absolute atomic E-state index is 0.0918. The van der Waals surface area contributed by atoms with E-state index >= 15 is 0 Å². The fourth-order valence-corrected chi connectivity index (χ4v) is 7.03. The largest absolute Gasteiger partial charge is 0.478 e. The molecule has 4 aromatic rings. The van der Waals surface area contributed by atoms with Gasteiger partial charge in [0, 0.05) is 35.4 Å². The van der Waals surface area contributed by atoms with E-state index in [1.807, 2.05) is 6.07 Å². The number of hydrogen-bond donors (Lipinski definition) is 2. The molecular weight excluding hydrogens is 520 g/mol. The Labute approximate surface area is 218 Å². The highest BCUT2D eigenvalue weighted by Crippen LogP contribution is 2.37. The molecule has 0 aliphatic rings. The smallest absolute Gasteiger partial charge is 0.335 e. The van der Waals surface area contributed by atoms with Crippen LogP contribution in [0.5, 0.6) is 0 Å². The number of nitrogens with one attached hydrogen (secondary N) is 1. The molecule has 36 heavy (non-hydrogen) atoms. The van der Waals surface area contributed by atoms with Crippen LogP contribution in [0.3, 0.4) is 0 Å². The first-order chi connectivity index (χ1) is 17.1. The molecule has 0 atom stereocenters. The van der Waals surface area contributed by atoms with E-state index in [1.54, 1.807) is 55.5 Å². The first-order valence-electron chi connectivity index (χ1n) is 10.9. The number of aromatic carboxylic acids is 1. The second-order valence-corrected chi connectivity index (χ2v) is 12.0. The number of rotatable bonds is 8. The van der Waals surface area contributed by atoms with Crippen molar-refractivity contribution in [3.63, 3.8) is 0 Å². The molecule has 0 saturated heterocycles. The van der Waals surface area contributed by atoms with Crippen molar-refractivity contribution < 1.29 is 23.1 Å². The first-order valence-corrected chi connectivity index (χ1v) is 13.5. The van der Waals surface area contributed by atoms with Crippen molar-refractivity contribution in [1.82, 2.24) is 9.62 Å². The van der Waals surface area contributed by atoms with Crippen LogP contribution < -0.4 is 5.32 Å². The number of aryl methyl sites for hydroxylation is 1. The lowest BCUT2D eigenvalue weighted by atomic mass is 10.1. The highest BCUT2D eigenvalue weighted by atomic mass is 35.5. The molecule has 10 heteroatoms. The number of halogens is 1. The molecule has 1 aromatic heterocycles. The molecule has 4 rings (SSSR count). The van der Waals surface area contributed by atoms with Crippen molar-refractivity contribution in [1.29, 1.82) is 0 Å². The second-order valence-electron chi connectivity index (χ2n) is 8.30. The van der Waals surface area contributed by atoms with E-state index in [2.05, 4.69) is 5.32 Å². The number of fused-ring (bicyclic) bond motifs is 1. The normalized spacial score (nSPS) is 11.7. The topological polar surface area (TPSA) is 104 Å². The van der Waals surface area contributed by atoms with Crippen LogP contribution in [-0.4, -0.2) is 36.8 Å². The number of carboxylic acid groups (broad SMARTS) is 1. The van der Waals surface area contributed by atoms with Gasteiger partial charge >= 0.3 is 5.97 Å². The molecule has 0 radical (unpaired) electrons. The van der Waals surface area contributed by atoms with Gasteiger partial charge in [-0.25, -0.2) is 13.2 Å². The number of carboxylic acids is 1. The third-order valence-electron chi connectivity index (χ3n) is 5.75. The van der Waals surface area contributed by atoms with Gasteiger partial charge in [0.2, 0.25) is 0 Å². The van der Waals surface area contributed by atoms with E-state index in [9.17, 15) is 18.0 Å². The number of amides is 1. The summed E-state index contributed by atoms with van der Waals surface area (Å²) in [6, 6.07) is 18.4. The Morgan fingerprint density at radius 2 is 1.72 bits per heavy atom. The van der Waals surface area contributed by atoms with Crippen molar-refractivity contribution in [2.24, 2.45) is 0 Å². The molecule has 2 N–H and O–H groups in total. The Balaban J connectivity index is 1.46. The highest BCUT2D eigenvalue weighted by Gasteiger charge is 2.26. The van der Waals surface area contributed by atoms with Crippen molar-refractivity contribution in [2.75, 3.05) is 7.05 Å². The summed E-state index contributed by atoms with van der Waals surface area (Å²) in [5.74, 6) is -1.33. The molecule has 0 unspecified atom stereocenters. The monoisotopic (exact) mass is 542 g/mol. The van der Waals surface area contributed by atoms with E-state index in [0.717, 1.165) is 15.6 Å². The van der Waals surface area contributed by atoms with Crippen molar-refractivity contribution >= 4 is 54.9 Å². The number of hydrogen-bond acceptors (Lipinski definition) is 5. The molecule has 0 saturated carbocycles. The Morgan fingerprint density at radius 3 is 2.42 bits per heavy atom. The predicted octanol–water partition coefficient (Wildman–Crippen LogP) is 5.31. The summed E-state index contributed by atoms with van der Waals surface area (Å²) >= 11 is 7.30. The van der Waals surface area contributed by atoms with Crippen LogP contribution in [0, 0.1) is 6.92 Å². The Hall–Kier alpha value is -3.24. The van der Waals surface area contributed by atoms with Gasteiger partial charge in [0.25, 0.3) is 15.9 Å². The maximum absolute atomic E-state index is 13.3. The Bertz CT molecular complexity index is 1560. The molecule has 0 aliphatic heterocycles. The highest BCUT2D eigenvalue weighted by molar-refractivity contribution is 7.91. The summed E-state index contributed by atoms with van der Waals surface area (Å²) in [5.41, 5.74) is 2.66. The van der Waals surface area contributed by atoms with Gasteiger partial charge in [-0.1, -0.05) is 35.9 Å². The van der Waals surface area contributed by atoms with Gasteiger partial charge in [0.05, 0.1) is 5.56 Å². The summed E-state index contributed by atoms with van der Waals surface area (Å²) in [6.45, 7) is 2.09. The Morgan fingerprint density at radius 1 is 1.00 bits per heavy atom. The van der Waals surface area contributed by atoms with Crippen molar-refractivity contribution in [3.8, 4) is 0 Å². The fourth-order valence-electron chi connectivity index (χ4n) is 3.76. The number of carbonyl (C=O) groups is 2. The molecule has 1 heterocycles. The summed E-state index contributed by atoms with van der Waals surface area (Å²) < 4.78 is 29.1. The molecule has 186 valence electrons. The molecule has 3 aromatic carbocycles. The molecule has 1 amide bonds. The van der Waals surface area contributed by atoms with Gasteiger partial charge in [-0.05, 0) is 71.5 Å². The van der Waals surface area contributed by atoms with Crippen molar-refractivity contribution in [2.45, 2.75) is 24.2 Å². The zero-order valence-electron chi connectivity index (χ0n) is 19.5. The van der Waals surface area contributed by atoms with Gasteiger partial charge in [0.15, 0.2) is 0 Å².